The van der Waals surface area contributed by atoms with E-state index >= 15 is 0 Å². The molecule has 0 saturated carbocycles. The van der Waals surface area contributed by atoms with E-state index in [0.29, 0.717) is 43.8 Å². The highest BCUT2D eigenvalue weighted by Crippen LogP contribution is 2.50. The zero-order valence-electron chi connectivity index (χ0n) is 22.1. The molecule has 13 heteroatoms. The van der Waals surface area contributed by atoms with Crippen molar-refractivity contribution in [3.8, 4) is 0 Å². The van der Waals surface area contributed by atoms with Gasteiger partial charge in [-0.3, -0.25) is 4.90 Å². The number of halogens is 7. The van der Waals surface area contributed by atoms with Gasteiger partial charge >= 0.3 is 18.4 Å². The molecule has 0 bridgehead atoms. The maximum atomic E-state index is 14.6. The Morgan fingerprint density at radius 2 is 1.52 bits per heavy atom. The number of nitrogens with zero attached hydrogens (tertiary/aromatic N) is 1. The summed E-state index contributed by atoms with van der Waals surface area (Å²) in [6.07, 6.45) is -9.71. The molecule has 0 aromatic heterocycles. The lowest BCUT2D eigenvalue weighted by atomic mass is 9.89. The number of piperidine rings is 1. The number of rotatable bonds is 8. The lowest BCUT2D eigenvalue weighted by molar-refractivity contribution is -0.376. The van der Waals surface area contributed by atoms with E-state index in [1.807, 2.05) is 4.90 Å². The van der Waals surface area contributed by atoms with Crippen molar-refractivity contribution in [2.24, 2.45) is 11.7 Å². The van der Waals surface area contributed by atoms with Crippen LogP contribution in [0.5, 0.6) is 0 Å². The largest absolute Gasteiger partial charge is 0.430 e. The third kappa shape index (κ3) is 7.85. The zero-order chi connectivity index (χ0) is 29.9. The van der Waals surface area contributed by atoms with Gasteiger partial charge in [-0.1, -0.05) is 30.3 Å². The van der Waals surface area contributed by atoms with Gasteiger partial charge < -0.3 is 21.5 Å². The molecule has 0 aliphatic carbocycles. The standard InChI is InChI=1S/C27H33F7N4O2/c1-24(2,35)16-36-23(39)37-22-8-5-19(14-21(22)28)13-17-9-11-38(12-10-17)15-18-3-6-20(7-4-18)25(40,26(29,30)31)27(32,33)34/h3-8,14,17,40H,9-13,15-16,35H2,1-2H3,(H2,36,37,39). The SMILES string of the molecule is CC(C)(N)CNC(=O)Nc1ccc(CC2CCN(Cc3ccc(C(O)(C(F)(F)F)C(F)(F)F)cc3)CC2)cc1F. The van der Waals surface area contributed by atoms with Crippen LogP contribution in [0.2, 0.25) is 0 Å². The van der Waals surface area contributed by atoms with Crippen molar-refractivity contribution in [2.75, 3.05) is 25.0 Å². The Morgan fingerprint density at radius 3 is 2.02 bits per heavy atom. The Kier molecular flexibility index (Phi) is 9.42. The van der Waals surface area contributed by atoms with Gasteiger partial charge in [-0.25, -0.2) is 9.18 Å². The van der Waals surface area contributed by atoms with Crippen LogP contribution in [0.25, 0.3) is 0 Å². The number of hydrogen-bond donors (Lipinski definition) is 4. The summed E-state index contributed by atoms with van der Waals surface area (Å²) in [6, 6.07) is 7.65. The minimum atomic E-state index is -5.93. The molecule has 6 nitrogen and oxygen atoms in total. The summed E-state index contributed by atoms with van der Waals surface area (Å²) in [4.78, 5) is 14.0. The number of amides is 2. The topological polar surface area (TPSA) is 90.6 Å². The summed E-state index contributed by atoms with van der Waals surface area (Å²) in [5.74, 6) is -0.316. The van der Waals surface area contributed by atoms with Crippen LogP contribution < -0.4 is 16.4 Å². The molecular formula is C27H33F7N4O2. The monoisotopic (exact) mass is 578 g/mol. The van der Waals surface area contributed by atoms with Gasteiger partial charge in [0.25, 0.3) is 5.60 Å². The molecule has 40 heavy (non-hydrogen) atoms. The number of carbonyl (C=O) groups excluding carboxylic acids is 1. The van der Waals surface area contributed by atoms with Gasteiger partial charge in [0.2, 0.25) is 0 Å². The van der Waals surface area contributed by atoms with Gasteiger partial charge in [0.1, 0.15) is 5.82 Å². The molecule has 0 spiro atoms. The maximum absolute atomic E-state index is 14.6. The van der Waals surface area contributed by atoms with Gasteiger partial charge in [-0.2, -0.15) is 26.3 Å². The molecular weight excluding hydrogens is 545 g/mol. The summed E-state index contributed by atoms with van der Waals surface area (Å²) in [7, 11) is 0. The lowest BCUT2D eigenvalue weighted by Crippen LogP contribution is -2.53. The average Bonchev–Trinajstić information content (AvgIpc) is 2.84. The van der Waals surface area contributed by atoms with Crippen LogP contribution in [0.1, 0.15) is 43.4 Å². The zero-order valence-corrected chi connectivity index (χ0v) is 22.1. The third-order valence-corrected chi connectivity index (χ3v) is 6.82. The van der Waals surface area contributed by atoms with E-state index in [-0.39, 0.29) is 18.2 Å². The predicted octanol–water partition coefficient (Wildman–Crippen LogP) is 5.45. The Balaban J connectivity index is 1.52. The highest BCUT2D eigenvalue weighted by Gasteiger charge is 2.71. The Morgan fingerprint density at radius 1 is 0.975 bits per heavy atom. The highest BCUT2D eigenvalue weighted by atomic mass is 19.4. The van der Waals surface area contributed by atoms with E-state index < -0.39 is 40.9 Å². The van der Waals surface area contributed by atoms with Gasteiger partial charge in [0.05, 0.1) is 5.69 Å². The van der Waals surface area contributed by atoms with E-state index in [4.69, 9.17) is 5.73 Å². The van der Waals surface area contributed by atoms with Gasteiger partial charge in [0, 0.05) is 24.2 Å². The van der Waals surface area contributed by atoms with E-state index in [1.165, 1.54) is 12.1 Å². The Bertz CT molecular complexity index is 1140. The fourth-order valence-corrected chi connectivity index (χ4v) is 4.54. The number of anilines is 1. The van der Waals surface area contributed by atoms with Crippen molar-refractivity contribution >= 4 is 11.7 Å². The molecule has 1 aliphatic heterocycles. The summed E-state index contributed by atoms with van der Waals surface area (Å²) in [5.41, 5.74) is 0.288. The first-order valence-electron chi connectivity index (χ1n) is 12.7. The van der Waals surface area contributed by atoms with Crippen LogP contribution in [0.3, 0.4) is 0 Å². The first kappa shape index (κ1) is 31.6. The van der Waals surface area contributed by atoms with Gasteiger partial charge in [-0.15, -0.1) is 0 Å². The highest BCUT2D eigenvalue weighted by molar-refractivity contribution is 5.89. The molecule has 1 heterocycles. The molecule has 2 aromatic rings. The van der Waals surface area contributed by atoms with Crippen LogP contribution >= 0.6 is 0 Å². The van der Waals surface area contributed by atoms with E-state index in [0.717, 1.165) is 30.5 Å². The summed E-state index contributed by atoms with van der Waals surface area (Å²) >= 11 is 0. The number of hydrogen-bond acceptors (Lipinski definition) is 4. The van der Waals surface area contributed by atoms with Crippen molar-refractivity contribution in [1.29, 1.82) is 0 Å². The van der Waals surface area contributed by atoms with Crippen LogP contribution in [0, 0.1) is 11.7 Å². The van der Waals surface area contributed by atoms with Crippen molar-refractivity contribution in [2.45, 2.75) is 63.1 Å². The number of alkyl halides is 6. The minimum Gasteiger partial charge on any atom is -0.369 e. The van der Waals surface area contributed by atoms with E-state index in [9.17, 15) is 40.6 Å². The van der Waals surface area contributed by atoms with Crippen LogP contribution in [-0.4, -0.2) is 53.6 Å². The van der Waals surface area contributed by atoms with E-state index in [2.05, 4.69) is 10.6 Å². The molecule has 1 fully saturated rings. The molecule has 0 atom stereocenters. The molecule has 1 aliphatic rings. The van der Waals surface area contributed by atoms with Gasteiger partial charge in [0.15, 0.2) is 0 Å². The second-order valence-corrected chi connectivity index (χ2v) is 10.9. The fraction of sp³-hybridized carbons (Fsp3) is 0.519. The molecule has 5 N–H and O–H groups in total. The number of benzene rings is 2. The van der Waals surface area contributed by atoms with Crippen LogP contribution in [0.15, 0.2) is 42.5 Å². The molecule has 0 unspecified atom stereocenters. The lowest BCUT2D eigenvalue weighted by Gasteiger charge is -2.33. The molecule has 3 rings (SSSR count). The summed E-state index contributed by atoms with van der Waals surface area (Å²) in [5, 5.41) is 14.6. The normalized spacial score (nSPS) is 16.2. The molecule has 0 radical (unpaired) electrons. The smallest absolute Gasteiger partial charge is 0.369 e. The quantitative estimate of drug-likeness (QED) is 0.314. The predicted molar refractivity (Wildman–Crippen MR) is 136 cm³/mol. The second kappa shape index (κ2) is 11.9. The number of likely N-dealkylation sites (tertiary alicyclic amines) is 1. The van der Waals surface area contributed by atoms with Crippen molar-refractivity contribution in [3.05, 3.63) is 65.0 Å². The van der Waals surface area contributed by atoms with Crippen molar-refractivity contribution in [1.82, 2.24) is 10.2 Å². The maximum Gasteiger partial charge on any atom is 0.430 e. The third-order valence-electron chi connectivity index (χ3n) is 6.82. The number of nitrogens with one attached hydrogen (secondary N) is 2. The number of carbonyl (C=O) groups is 1. The molecule has 2 aromatic carbocycles. The first-order chi connectivity index (χ1) is 18.4. The number of nitrogens with two attached hydrogens (primary N) is 1. The van der Waals surface area contributed by atoms with Crippen LogP contribution in [0.4, 0.5) is 41.2 Å². The molecule has 2 amide bonds. The fourth-order valence-electron chi connectivity index (χ4n) is 4.54. The average molecular weight is 579 g/mol. The van der Waals surface area contributed by atoms with Crippen LogP contribution in [-0.2, 0) is 18.6 Å². The number of urea groups is 1. The van der Waals surface area contributed by atoms with Crippen molar-refractivity contribution < 1.29 is 40.6 Å². The summed E-state index contributed by atoms with van der Waals surface area (Å²) in [6.45, 7) is 5.30. The number of aliphatic hydroxyl groups is 1. The Labute approximate surface area is 227 Å². The van der Waals surface area contributed by atoms with Crippen molar-refractivity contribution in [3.63, 3.8) is 0 Å². The molecule has 1 saturated heterocycles. The van der Waals surface area contributed by atoms with E-state index in [1.54, 1.807) is 19.9 Å². The minimum absolute atomic E-state index is 0.0424. The Hall–Kier alpha value is -2.90. The van der Waals surface area contributed by atoms with Gasteiger partial charge in [-0.05, 0) is 75.4 Å². The molecule has 222 valence electrons. The summed E-state index contributed by atoms with van der Waals surface area (Å²) < 4.78 is 93.1. The second-order valence-electron chi connectivity index (χ2n) is 10.9. The first-order valence-corrected chi connectivity index (χ1v) is 12.7.